The van der Waals surface area contributed by atoms with Gasteiger partial charge in [0.2, 0.25) is 0 Å². The summed E-state index contributed by atoms with van der Waals surface area (Å²) in [4.78, 5) is 13.9. The first kappa shape index (κ1) is 19.1. The fourth-order valence-corrected chi connectivity index (χ4v) is 3.69. The van der Waals surface area contributed by atoms with Crippen LogP contribution in [0.4, 0.5) is 4.39 Å². The van der Waals surface area contributed by atoms with Crippen LogP contribution in [-0.2, 0) is 13.1 Å². The third kappa shape index (κ3) is 4.60. The summed E-state index contributed by atoms with van der Waals surface area (Å²) in [6, 6.07) is 20.0. The highest BCUT2D eigenvalue weighted by molar-refractivity contribution is 7.13. The second kappa shape index (κ2) is 8.41. The van der Waals surface area contributed by atoms with E-state index < -0.39 is 0 Å². The number of rotatable bonds is 6. The third-order valence-electron chi connectivity index (χ3n) is 4.61. The van der Waals surface area contributed by atoms with Gasteiger partial charge in [-0.1, -0.05) is 48.0 Å². The number of halogens is 1. The molecule has 4 nitrogen and oxygen atoms in total. The predicted octanol–water partition coefficient (Wildman–Crippen LogP) is 5.04. The van der Waals surface area contributed by atoms with Crippen molar-refractivity contribution in [3.8, 4) is 10.6 Å². The van der Waals surface area contributed by atoms with Crippen molar-refractivity contribution in [3.63, 3.8) is 0 Å². The van der Waals surface area contributed by atoms with Gasteiger partial charge >= 0.3 is 0 Å². The minimum Gasteiger partial charge on any atom is -0.347 e. The van der Waals surface area contributed by atoms with E-state index in [4.69, 9.17) is 0 Å². The molecule has 4 rings (SSSR count). The molecule has 0 bridgehead atoms. The summed E-state index contributed by atoms with van der Waals surface area (Å²) in [7, 11) is 0. The standard InChI is InChI=1S/C23H20FN3OS/c1-16-4-6-17(7-5-16)14-25-23(28)21-13-20(22-3-2-12-29-22)26-27(21)15-18-8-10-19(24)11-9-18/h2-13H,14-15H2,1H3,(H,25,28). The van der Waals surface area contributed by atoms with Crippen molar-refractivity contribution in [1.29, 1.82) is 0 Å². The van der Waals surface area contributed by atoms with Crippen molar-refractivity contribution >= 4 is 17.2 Å². The number of nitrogens with one attached hydrogen (secondary N) is 1. The Hall–Kier alpha value is -3.25. The zero-order valence-electron chi connectivity index (χ0n) is 15.9. The lowest BCUT2D eigenvalue weighted by Crippen LogP contribution is -2.26. The molecule has 0 unspecified atom stereocenters. The number of carbonyl (C=O) groups excluding carboxylic acids is 1. The molecular weight excluding hydrogens is 385 g/mol. The smallest absolute Gasteiger partial charge is 0.269 e. The molecule has 4 aromatic rings. The van der Waals surface area contributed by atoms with Crippen LogP contribution in [0, 0.1) is 12.7 Å². The number of hydrogen-bond donors (Lipinski definition) is 1. The van der Waals surface area contributed by atoms with Crippen LogP contribution in [0.15, 0.2) is 72.1 Å². The van der Waals surface area contributed by atoms with Crippen LogP contribution in [0.25, 0.3) is 10.6 Å². The van der Waals surface area contributed by atoms with Crippen molar-refractivity contribution in [3.05, 3.63) is 100 Å². The lowest BCUT2D eigenvalue weighted by Gasteiger charge is -2.09. The summed E-state index contributed by atoms with van der Waals surface area (Å²) < 4.78 is 14.9. The third-order valence-corrected chi connectivity index (χ3v) is 5.50. The summed E-state index contributed by atoms with van der Waals surface area (Å²) in [5, 5.41) is 9.58. The maximum Gasteiger partial charge on any atom is 0.269 e. The van der Waals surface area contributed by atoms with Gasteiger partial charge in [-0.3, -0.25) is 9.48 Å². The molecule has 0 atom stereocenters. The van der Waals surface area contributed by atoms with Gasteiger partial charge in [0.15, 0.2) is 0 Å². The molecule has 1 amide bonds. The molecule has 29 heavy (non-hydrogen) atoms. The first-order valence-corrected chi connectivity index (χ1v) is 10.2. The molecule has 0 radical (unpaired) electrons. The van der Waals surface area contributed by atoms with E-state index in [-0.39, 0.29) is 11.7 Å². The van der Waals surface area contributed by atoms with Gasteiger partial charge in [-0.05, 0) is 47.7 Å². The van der Waals surface area contributed by atoms with Crippen molar-refractivity contribution in [2.75, 3.05) is 0 Å². The van der Waals surface area contributed by atoms with Crippen LogP contribution in [0.2, 0.25) is 0 Å². The molecule has 0 aliphatic heterocycles. The van der Waals surface area contributed by atoms with Gasteiger partial charge in [-0.15, -0.1) is 11.3 Å². The number of nitrogens with zero attached hydrogens (tertiary/aromatic N) is 2. The van der Waals surface area contributed by atoms with E-state index >= 15 is 0 Å². The molecule has 2 aromatic heterocycles. The summed E-state index contributed by atoms with van der Waals surface area (Å²) in [6.07, 6.45) is 0. The van der Waals surface area contributed by atoms with Crippen LogP contribution in [0.3, 0.4) is 0 Å². The highest BCUT2D eigenvalue weighted by atomic mass is 32.1. The van der Waals surface area contributed by atoms with E-state index in [0.29, 0.717) is 18.8 Å². The molecule has 0 aliphatic carbocycles. The largest absolute Gasteiger partial charge is 0.347 e. The highest BCUT2D eigenvalue weighted by Crippen LogP contribution is 2.24. The van der Waals surface area contributed by atoms with Crippen LogP contribution in [0.1, 0.15) is 27.2 Å². The maximum absolute atomic E-state index is 13.2. The van der Waals surface area contributed by atoms with Crippen molar-refractivity contribution in [2.45, 2.75) is 20.0 Å². The number of aromatic nitrogens is 2. The van der Waals surface area contributed by atoms with E-state index in [1.54, 1.807) is 34.2 Å². The van der Waals surface area contributed by atoms with Gasteiger partial charge in [0.1, 0.15) is 17.2 Å². The van der Waals surface area contributed by atoms with Crippen molar-refractivity contribution in [1.82, 2.24) is 15.1 Å². The van der Waals surface area contributed by atoms with Crippen LogP contribution >= 0.6 is 11.3 Å². The monoisotopic (exact) mass is 405 g/mol. The van der Waals surface area contributed by atoms with Crippen LogP contribution in [0.5, 0.6) is 0 Å². The van der Waals surface area contributed by atoms with Gasteiger partial charge in [0.25, 0.3) is 5.91 Å². The van der Waals surface area contributed by atoms with E-state index in [1.165, 1.54) is 17.7 Å². The number of carbonyl (C=O) groups is 1. The minimum absolute atomic E-state index is 0.192. The summed E-state index contributed by atoms with van der Waals surface area (Å²) in [6.45, 7) is 2.86. The van der Waals surface area contributed by atoms with Crippen LogP contribution in [-0.4, -0.2) is 15.7 Å². The molecule has 0 saturated carbocycles. The molecule has 2 aromatic carbocycles. The zero-order chi connectivity index (χ0) is 20.2. The van der Waals surface area contributed by atoms with Gasteiger partial charge in [-0.25, -0.2) is 4.39 Å². The Labute approximate surface area is 172 Å². The molecule has 2 heterocycles. The average Bonchev–Trinajstić information content (AvgIpc) is 3.39. The SMILES string of the molecule is Cc1ccc(CNC(=O)c2cc(-c3cccs3)nn2Cc2ccc(F)cc2)cc1. The van der Waals surface area contributed by atoms with Crippen LogP contribution < -0.4 is 5.32 Å². The number of hydrogen-bond acceptors (Lipinski definition) is 3. The first-order valence-electron chi connectivity index (χ1n) is 9.28. The van der Waals surface area contributed by atoms with E-state index in [0.717, 1.165) is 21.7 Å². The topological polar surface area (TPSA) is 46.9 Å². The second-order valence-electron chi connectivity index (χ2n) is 6.84. The molecule has 1 N–H and O–H groups in total. The lowest BCUT2D eigenvalue weighted by molar-refractivity contribution is 0.0940. The summed E-state index contributed by atoms with van der Waals surface area (Å²) in [5.74, 6) is -0.479. The summed E-state index contributed by atoms with van der Waals surface area (Å²) in [5.41, 5.74) is 4.32. The van der Waals surface area contributed by atoms with E-state index in [1.807, 2.05) is 48.7 Å². The fraction of sp³-hybridized carbons (Fsp3) is 0.130. The Kier molecular flexibility index (Phi) is 5.53. The quantitative estimate of drug-likeness (QED) is 0.489. The van der Waals surface area contributed by atoms with E-state index in [9.17, 15) is 9.18 Å². The lowest BCUT2D eigenvalue weighted by atomic mass is 10.1. The molecule has 0 fully saturated rings. The Morgan fingerprint density at radius 2 is 1.79 bits per heavy atom. The Balaban J connectivity index is 1.58. The molecule has 0 aliphatic rings. The van der Waals surface area contributed by atoms with Gasteiger partial charge in [-0.2, -0.15) is 5.10 Å². The zero-order valence-corrected chi connectivity index (χ0v) is 16.7. The predicted molar refractivity (Wildman–Crippen MR) is 113 cm³/mol. The Morgan fingerprint density at radius 1 is 1.07 bits per heavy atom. The minimum atomic E-state index is -0.287. The maximum atomic E-state index is 13.2. The van der Waals surface area contributed by atoms with Gasteiger partial charge in [0, 0.05) is 6.54 Å². The Morgan fingerprint density at radius 3 is 2.48 bits per heavy atom. The molecule has 0 spiro atoms. The average molecular weight is 405 g/mol. The fourth-order valence-electron chi connectivity index (χ4n) is 3.01. The molecular formula is C23H20FN3OS. The first-order chi connectivity index (χ1) is 14.1. The summed E-state index contributed by atoms with van der Waals surface area (Å²) >= 11 is 1.57. The van der Waals surface area contributed by atoms with Crippen molar-refractivity contribution < 1.29 is 9.18 Å². The Bertz CT molecular complexity index is 1100. The second-order valence-corrected chi connectivity index (χ2v) is 7.79. The van der Waals surface area contributed by atoms with Crippen molar-refractivity contribution in [2.24, 2.45) is 0 Å². The van der Waals surface area contributed by atoms with E-state index in [2.05, 4.69) is 10.4 Å². The normalized spacial score (nSPS) is 10.8. The molecule has 6 heteroatoms. The molecule has 0 saturated heterocycles. The van der Waals surface area contributed by atoms with Gasteiger partial charge in [0.05, 0.1) is 11.4 Å². The van der Waals surface area contributed by atoms with Gasteiger partial charge < -0.3 is 5.32 Å². The number of amides is 1. The number of benzene rings is 2. The number of aryl methyl sites for hydroxylation is 1. The molecule has 146 valence electrons. The highest BCUT2D eigenvalue weighted by Gasteiger charge is 2.17. The number of thiophene rings is 1.